The molecule has 5 amide bonds. The quantitative estimate of drug-likeness (QED) is 0.0819. The van der Waals surface area contributed by atoms with Crippen molar-refractivity contribution in [3.8, 4) is 0 Å². The fraction of sp³-hybridized carbons (Fsp3) is 0.0526. The fourth-order valence-electron chi connectivity index (χ4n) is 5.20. The van der Waals surface area contributed by atoms with Gasteiger partial charge in [-0.2, -0.15) is 13.1 Å². The van der Waals surface area contributed by atoms with Crippen molar-refractivity contribution in [1.29, 1.82) is 0 Å². The third kappa shape index (κ3) is 10.3. The van der Waals surface area contributed by atoms with E-state index in [-0.39, 0.29) is 44.3 Å². The molecule has 19 nitrogen and oxygen atoms in total. The summed E-state index contributed by atoms with van der Waals surface area (Å²) in [4.78, 5) is 104. The highest BCUT2D eigenvalue weighted by Crippen LogP contribution is 2.33. The lowest BCUT2D eigenvalue weighted by Gasteiger charge is -2.09. The number of nitrogens with zero attached hydrogens (tertiary/aromatic N) is 5. The lowest BCUT2D eigenvalue weighted by molar-refractivity contribution is -0.134. The number of alkyl halides is 1. The van der Waals surface area contributed by atoms with Crippen molar-refractivity contribution < 1.29 is 63.6 Å². The largest absolute Gasteiger partial charge is 0.481 e. The van der Waals surface area contributed by atoms with E-state index in [4.69, 9.17) is 25.2 Å². The summed E-state index contributed by atoms with van der Waals surface area (Å²) in [6, 6.07) is 23.2. The van der Waals surface area contributed by atoms with Gasteiger partial charge in [0.15, 0.2) is 11.4 Å². The number of hydrogen-bond donors (Lipinski definition) is 5. The summed E-state index contributed by atoms with van der Waals surface area (Å²) >= 11 is 6.06. The standard InChI is InChI=1S/C12H7BrN2O2S.C12H8N2O5S.C12H6N2O4S.C2H4O2/c13-6-7-5-10(18-14-7)15-11(16)8-3-1-2-4-9(8)12(15)17;15-10(6-3-1-2-4-7(6)11(16)17)13-9-5-8(12(18)19)14-20-9;15-10-6-3-1-2-4-7(6)11(16)14(10)9-5-8(12(17)18)13-19-9;1-2(3)4/h1-5H,6H2;1-5H,(H,13,15)(H,16,17)(H,18,19);1-5H,(H,17,18);1H3,(H,3,4). The molecule has 0 fully saturated rings. The molecule has 2 aliphatic heterocycles. The minimum Gasteiger partial charge on any atom is -0.481 e. The van der Waals surface area contributed by atoms with Gasteiger partial charge in [-0.05, 0) is 77.1 Å². The maximum atomic E-state index is 12.2. The van der Waals surface area contributed by atoms with Gasteiger partial charge < -0.3 is 25.7 Å². The molecule has 0 aliphatic carbocycles. The van der Waals surface area contributed by atoms with Crippen LogP contribution in [0.2, 0.25) is 0 Å². The van der Waals surface area contributed by atoms with E-state index in [1.54, 1.807) is 54.6 Å². The van der Waals surface area contributed by atoms with Gasteiger partial charge in [0, 0.05) is 24.4 Å². The molecule has 23 heteroatoms. The highest BCUT2D eigenvalue weighted by molar-refractivity contribution is 9.08. The van der Waals surface area contributed by atoms with Gasteiger partial charge >= 0.3 is 17.9 Å². The predicted octanol–water partition coefficient (Wildman–Crippen LogP) is 6.36. The summed E-state index contributed by atoms with van der Waals surface area (Å²) < 4.78 is 11.5. The third-order valence-corrected chi connectivity index (χ3v) is 10.7. The Morgan fingerprint density at radius 2 is 0.967 bits per heavy atom. The number of aliphatic carboxylic acids is 1. The highest BCUT2D eigenvalue weighted by atomic mass is 79.9. The lowest BCUT2D eigenvalue weighted by Crippen LogP contribution is -2.28. The van der Waals surface area contributed by atoms with Gasteiger partial charge in [-0.25, -0.2) is 24.2 Å². The van der Waals surface area contributed by atoms with Crippen molar-refractivity contribution in [2.75, 3.05) is 15.1 Å². The number of fused-ring (bicyclic) bond motifs is 2. The Kier molecular flexibility index (Phi) is 14.4. The Hall–Kier alpha value is -7.34. The average molecular weight is 950 g/mol. The first-order valence-corrected chi connectivity index (χ1v) is 20.2. The van der Waals surface area contributed by atoms with Crippen LogP contribution in [0.15, 0.2) is 91.0 Å². The zero-order valence-electron chi connectivity index (χ0n) is 30.7. The molecule has 0 unspecified atom stereocenters. The summed E-state index contributed by atoms with van der Waals surface area (Å²) in [5.41, 5.74) is 1.85. The summed E-state index contributed by atoms with van der Waals surface area (Å²) in [6.07, 6.45) is 0. The van der Waals surface area contributed by atoms with E-state index in [9.17, 15) is 38.4 Å². The van der Waals surface area contributed by atoms with Crippen LogP contribution < -0.4 is 15.1 Å². The van der Waals surface area contributed by atoms with Crippen molar-refractivity contribution in [1.82, 2.24) is 13.1 Å². The number of nitrogens with one attached hydrogen (secondary N) is 1. The van der Waals surface area contributed by atoms with Crippen molar-refractivity contribution >= 4 is 119 Å². The number of carbonyl (C=O) groups excluding carboxylic acids is 5. The number of benzene rings is 3. The molecule has 0 saturated heterocycles. The second-order valence-corrected chi connectivity index (χ2v) is 14.8. The molecule has 61 heavy (non-hydrogen) atoms. The maximum Gasteiger partial charge on any atom is 0.355 e. The Morgan fingerprint density at radius 1 is 0.574 bits per heavy atom. The van der Waals surface area contributed by atoms with Crippen LogP contribution in [0.3, 0.4) is 0 Å². The number of carbonyl (C=O) groups is 9. The molecule has 0 radical (unpaired) electrons. The van der Waals surface area contributed by atoms with Gasteiger partial charge in [0.25, 0.3) is 35.5 Å². The Balaban J connectivity index is 0.000000166. The van der Waals surface area contributed by atoms with Crippen LogP contribution >= 0.6 is 50.5 Å². The van der Waals surface area contributed by atoms with Crippen molar-refractivity contribution in [2.24, 2.45) is 0 Å². The van der Waals surface area contributed by atoms with E-state index >= 15 is 0 Å². The minimum atomic E-state index is -1.22. The number of carboxylic acid groups (broad SMARTS) is 4. The van der Waals surface area contributed by atoms with Crippen LogP contribution in [0.5, 0.6) is 0 Å². The first-order chi connectivity index (χ1) is 29.0. The molecule has 8 rings (SSSR count). The van der Waals surface area contributed by atoms with Crippen molar-refractivity contribution in [2.45, 2.75) is 12.3 Å². The number of aromatic nitrogens is 3. The van der Waals surface area contributed by atoms with Crippen molar-refractivity contribution in [3.05, 3.63) is 141 Å². The zero-order chi connectivity index (χ0) is 44.5. The summed E-state index contributed by atoms with van der Waals surface area (Å²) in [5.74, 6) is -6.55. The van der Waals surface area contributed by atoms with Gasteiger partial charge in [-0.15, -0.1) is 0 Å². The van der Waals surface area contributed by atoms with Crippen LogP contribution in [0, 0.1) is 0 Å². The molecular formula is C38H25BrN6O13S3. The number of anilines is 3. The highest BCUT2D eigenvalue weighted by Gasteiger charge is 2.38. The number of halogens is 1. The SMILES string of the molecule is CC(=O)O.O=C(O)c1cc(N2C(=O)c3ccccc3C2=O)sn1.O=C(O)c1cc(NC(=O)c2ccccc2C(=O)O)sn1.O=C1c2ccccc2C(=O)N1c1cc(CBr)ns1. The molecule has 3 aromatic heterocycles. The van der Waals surface area contributed by atoms with E-state index in [1.807, 2.05) is 0 Å². The second kappa shape index (κ2) is 19.6. The normalized spacial score (nSPS) is 12.2. The zero-order valence-corrected chi connectivity index (χ0v) is 34.7. The number of hydrogen-bond acceptors (Lipinski definition) is 15. The monoisotopic (exact) mass is 948 g/mol. The van der Waals surface area contributed by atoms with Crippen LogP contribution in [-0.2, 0) is 10.1 Å². The van der Waals surface area contributed by atoms with E-state index in [1.165, 1.54) is 41.3 Å². The van der Waals surface area contributed by atoms with E-state index in [2.05, 4.69) is 34.4 Å². The average Bonchev–Trinajstić information content (AvgIpc) is 4.08. The predicted molar refractivity (Wildman–Crippen MR) is 223 cm³/mol. The van der Waals surface area contributed by atoms with Gasteiger partial charge in [-0.3, -0.25) is 28.8 Å². The minimum absolute atomic E-state index is 0.00900. The molecule has 0 spiro atoms. The second-order valence-electron chi connectivity index (χ2n) is 11.8. The molecular weight excluding hydrogens is 925 g/mol. The molecule has 0 atom stereocenters. The van der Waals surface area contributed by atoms with Crippen LogP contribution in [-0.4, -0.2) is 87.0 Å². The number of amides is 5. The molecule has 0 saturated carbocycles. The Labute approximate surface area is 362 Å². The maximum absolute atomic E-state index is 12.2. The van der Waals surface area contributed by atoms with Gasteiger partial charge in [0.2, 0.25) is 0 Å². The van der Waals surface area contributed by atoms with E-state index in [0.717, 1.165) is 52.1 Å². The summed E-state index contributed by atoms with van der Waals surface area (Å²) in [7, 11) is 0. The number of rotatable bonds is 8. The lowest BCUT2D eigenvalue weighted by atomic mass is 10.1. The molecule has 6 aromatic rings. The number of aromatic carboxylic acids is 3. The van der Waals surface area contributed by atoms with Crippen LogP contribution in [0.25, 0.3) is 0 Å². The number of carboxylic acids is 4. The Bertz CT molecular complexity index is 2670. The summed E-state index contributed by atoms with van der Waals surface area (Å²) in [5, 5.41) is 38.0. The van der Waals surface area contributed by atoms with E-state index in [0.29, 0.717) is 32.6 Å². The number of imide groups is 2. The smallest absolute Gasteiger partial charge is 0.355 e. The first-order valence-electron chi connectivity index (χ1n) is 16.7. The first kappa shape index (κ1) is 44.8. The topological polar surface area (TPSA) is 292 Å². The molecule has 5 N–H and O–H groups in total. The van der Waals surface area contributed by atoms with Gasteiger partial charge in [-0.1, -0.05) is 52.3 Å². The van der Waals surface area contributed by atoms with Crippen molar-refractivity contribution in [3.63, 3.8) is 0 Å². The van der Waals surface area contributed by atoms with E-state index < -0.39 is 41.6 Å². The summed E-state index contributed by atoms with van der Waals surface area (Å²) in [6.45, 7) is 1.08. The molecule has 0 bridgehead atoms. The Morgan fingerprint density at radius 3 is 1.36 bits per heavy atom. The molecule has 2 aliphatic rings. The third-order valence-electron chi connectivity index (χ3n) is 7.80. The molecule has 310 valence electrons. The molecule has 3 aromatic carbocycles. The molecule has 5 heterocycles. The van der Waals surface area contributed by atoms with Crippen LogP contribution in [0.1, 0.15) is 95.7 Å². The van der Waals surface area contributed by atoms with Crippen LogP contribution in [0.4, 0.5) is 15.0 Å². The fourth-order valence-corrected chi connectivity index (χ4v) is 7.78. The van der Waals surface area contributed by atoms with Gasteiger partial charge in [0.1, 0.15) is 15.0 Å². The van der Waals surface area contributed by atoms with Gasteiger partial charge in [0.05, 0.1) is 39.1 Å².